The molecule has 0 radical (unpaired) electrons. The first-order valence-corrected chi connectivity index (χ1v) is 9.45. The Kier molecular flexibility index (Phi) is 6.05. The summed E-state index contributed by atoms with van der Waals surface area (Å²) in [4.78, 5) is 17.1. The van der Waals surface area contributed by atoms with Crippen molar-refractivity contribution in [1.29, 1.82) is 0 Å². The van der Waals surface area contributed by atoms with Gasteiger partial charge in [-0.15, -0.1) is 0 Å². The summed E-state index contributed by atoms with van der Waals surface area (Å²) in [6.45, 7) is 6.33. The van der Waals surface area contributed by atoms with E-state index in [4.69, 9.17) is 9.47 Å². The molecular weight excluding hydrogens is 363 g/mol. The summed E-state index contributed by atoms with van der Waals surface area (Å²) in [7, 11) is 1.34. The van der Waals surface area contributed by atoms with E-state index in [1.165, 1.54) is 19.2 Å². The fourth-order valence-electron chi connectivity index (χ4n) is 3.59. The van der Waals surface area contributed by atoms with Gasteiger partial charge in [0.15, 0.2) is 11.4 Å². The van der Waals surface area contributed by atoms with Crippen molar-refractivity contribution >= 4 is 5.97 Å². The van der Waals surface area contributed by atoms with E-state index < -0.39 is 11.6 Å². The van der Waals surface area contributed by atoms with Crippen LogP contribution in [0.2, 0.25) is 0 Å². The zero-order valence-electron chi connectivity index (χ0n) is 16.5. The molecule has 0 atom stereocenters. The molecule has 0 unspecified atom stereocenters. The van der Waals surface area contributed by atoms with Crippen molar-refractivity contribution in [2.75, 3.05) is 33.4 Å². The number of rotatable bonds is 6. The number of piperidine rings is 1. The molecule has 0 spiro atoms. The smallest absolute Gasteiger partial charge is 0.358 e. The number of benzene rings is 1. The van der Waals surface area contributed by atoms with Crippen molar-refractivity contribution in [3.8, 4) is 5.75 Å². The number of aromatic nitrogens is 1. The summed E-state index contributed by atoms with van der Waals surface area (Å²) in [6.07, 6.45) is 1.16. The Balaban J connectivity index is 1.54. The zero-order valence-corrected chi connectivity index (χ0v) is 16.5. The van der Waals surface area contributed by atoms with Crippen molar-refractivity contribution in [3.63, 3.8) is 0 Å². The molecule has 0 bridgehead atoms. The van der Waals surface area contributed by atoms with Gasteiger partial charge in [0.05, 0.1) is 12.7 Å². The monoisotopic (exact) mass is 390 g/mol. The Bertz CT molecular complexity index is 824. The summed E-state index contributed by atoms with van der Waals surface area (Å²) in [5.74, 6) is -0.221. The molecule has 0 amide bonds. The maximum Gasteiger partial charge on any atom is 0.358 e. The highest BCUT2D eigenvalue weighted by Gasteiger charge is 2.33. The summed E-state index contributed by atoms with van der Waals surface area (Å²) >= 11 is 0. The van der Waals surface area contributed by atoms with Gasteiger partial charge in [-0.2, -0.15) is 0 Å². The number of esters is 1. The maximum absolute atomic E-state index is 13.1. The van der Waals surface area contributed by atoms with Crippen LogP contribution < -0.4 is 4.74 Å². The standard InChI is InChI=1S/C21H27FN2O4/c1-14-15(2)23-18(20(25)27-3)19(14)28-13-12-24-10-8-21(26,9-11-24)16-4-6-17(22)7-5-16/h4-7,23,26H,8-13H2,1-3H3. The van der Waals surface area contributed by atoms with Crippen molar-refractivity contribution < 1.29 is 23.8 Å². The van der Waals surface area contributed by atoms with Gasteiger partial charge in [-0.1, -0.05) is 12.1 Å². The summed E-state index contributed by atoms with van der Waals surface area (Å²) < 4.78 is 23.8. The second-order valence-corrected chi connectivity index (χ2v) is 7.30. The van der Waals surface area contributed by atoms with E-state index in [1.54, 1.807) is 12.1 Å². The lowest BCUT2D eigenvalue weighted by Crippen LogP contribution is -2.43. The van der Waals surface area contributed by atoms with E-state index in [1.807, 2.05) is 13.8 Å². The third-order valence-electron chi connectivity index (χ3n) is 5.55. The zero-order chi connectivity index (χ0) is 20.3. The largest absolute Gasteiger partial charge is 0.489 e. The van der Waals surface area contributed by atoms with Crippen molar-refractivity contribution in [3.05, 3.63) is 52.6 Å². The van der Waals surface area contributed by atoms with E-state index in [0.29, 0.717) is 50.5 Å². The molecule has 1 aliphatic heterocycles. The first-order chi connectivity index (χ1) is 13.3. The predicted molar refractivity (Wildman–Crippen MR) is 103 cm³/mol. The lowest BCUT2D eigenvalue weighted by molar-refractivity contribution is -0.0278. The summed E-state index contributed by atoms with van der Waals surface area (Å²) in [6, 6.07) is 6.07. The number of methoxy groups -OCH3 is 1. The third kappa shape index (κ3) is 4.20. The second-order valence-electron chi connectivity index (χ2n) is 7.30. The van der Waals surface area contributed by atoms with E-state index in [0.717, 1.165) is 16.8 Å². The van der Waals surface area contributed by atoms with E-state index >= 15 is 0 Å². The number of likely N-dealkylation sites (tertiary alicyclic amines) is 1. The molecule has 7 heteroatoms. The number of nitrogens with one attached hydrogen (secondary N) is 1. The topological polar surface area (TPSA) is 74.8 Å². The number of hydrogen-bond acceptors (Lipinski definition) is 5. The Hall–Kier alpha value is -2.38. The Morgan fingerprint density at radius 3 is 2.50 bits per heavy atom. The number of hydrogen-bond donors (Lipinski definition) is 2. The van der Waals surface area contributed by atoms with Crippen LogP contribution in [0.5, 0.6) is 5.75 Å². The molecule has 2 N–H and O–H groups in total. The lowest BCUT2D eigenvalue weighted by Gasteiger charge is -2.38. The van der Waals surface area contributed by atoms with Crippen LogP contribution in [-0.4, -0.2) is 54.3 Å². The molecule has 2 aromatic rings. The van der Waals surface area contributed by atoms with Crippen LogP contribution in [0.4, 0.5) is 4.39 Å². The lowest BCUT2D eigenvalue weighted by atomic mass is 9.84. The highest BCUT2D eigenvalue weighted by molar-refractivity contribution is 5.91. The number of carbonyl (C=O) groups is 1. The normalized spacial score (nSPS) is 16.8. The average Bonchev–Trinajstić information content (AvgIpc) is 2.98. The SMILES string of the molecule is COC(=O)c1[nH]c(C)c(C)c1OCCN1CCC(O)(c2ccc(F)cc2)CC1. The molecule has 0 aliphatic carbocycles. The fourth-order valence-corrected chi connectivity index (χ4v) is 3.59. The van der Waals surface area contributed by atoms with Crippen LogP contribution in [0, 0.1) is 19.7 Å². The molecule has 1 saturated heterocycles. The number of H-pyrrole nitrogens is 1. The minimum Gasteiger partial charge on any atom is -0.489 e. The van der Waals surface area contributed by atoms with Crippen LogP contribution in [0.15, 0.2) is 24.3 Å². The third-order valence-corrected chi connectivity index (χ3v) is 5.55. The van der Waals surface area contributed by atoms with Gasteiger partial charge in [0.25, 0.3) is 0 Å². The van der Waals surface area contributed by atoms with Crippen molar-refractivity contribution in [2.45, 2.75) is 32.3 Å². The molecular formula is C21H27FN2O4. The van der Waals surface area contributed by atoms with Crippen LogP contribution in [0.1, 0.15) is 40.2 Å². The molecule has 1 fully saturated rings. The fraction of sp³-hybridized carbons (Fsp3) is 0.476. The molecule has 152 valence electrons. The molecule has 1 aliphatic rings. The highest BCUT2D eigenvalue weighted by atomic mass is 19.1. The maximum atomic E-state index is 13.1. The van der Waals surface area contributed by atoms with Gasteiger partial charge in [0, 0.05) is 30.9 Å². The van der Waals surface area contributed by atoms with E-state index in [-0.39, 0.29) is 5.82 Å². The molecule has 28 heavy (non-hydrogen) atoms. The van der Waals surface area contributed by atoms with Crippen molar-refractivity contribution in [2.24, 2.45) is 0 Å². The van der Waals surface area contributed by atoms with Crippen LogP contribution in [0.25, 0.3) is 0 Å². The number of aromatic amines is 1. The number of aliphatic hydroxyl groups is 1. The van der Waals surface area contributed by atoms with Gasteiger partial charge >= 0.3 is 5.97 Å². The van der Waals surface area contributed by atoms with E-state index in [2.05, 4.69) is 9.88 Å². The predicted octanol–water partition coefficient (Wildman–Crippen LogP) is 2.92. The number of aryl methyl sites for hydroxylation is 1. The molecule has 2 heterocycles. The first kappa shape index (κ1) is 20.4. The Labute approximate surface area is 164 Å². The van der Waals surface area contributed by atoms with Crippen LogP contribution in [-0.2, 0) is 10.3 Å². The number of halogens is 1. The Morgan fingerprint density at radius 2 is 1.89 bits per heavy atom. The molecule has 3 rings (SSSR count). The van der Waals surface area contributed by atoms with Gasteiger partial charge in [0.1, 0.15) is 12.4 Å². The van der Waals surface area contributed by atoms with E-state index in [9.17, 15) is 14.3 Å². The summed E-state index contributed by atoms with van der Waals surface area (Å²) in [5.41, 5.74) is 1.94. The molecule has 6 nitrogen and oxygen atoms in total. The minimum atomic E-state index is -0.919. The Morgan fingerprint density at radius 1 is 1.25 bits per heavy atom. The number of nitrogens with zero attached hydrogens (tertiary/aromatic N) is 1. The first-order valence-electron chi connectivity index (χ1n) is 9.45. The number of ether oxygens (including phenoxy) is 2. The van der Waals surface area contributed by atoms with Crippen LogP contribution in [0.3, 0.4) is 0 Å². The molecule has 1 aromatic carbocycles. The van der Waals surface area contributed by atoms with Crippen molar-refractivity contribution in [1.82, 2.24) is 9.88 Å². The second kappa shape index (κ2) is 8.32. The number of carbonyl (C=O) groups excluding carboxylic acids is 1. The van der Waals surface area contributed by atoms with Gasteiger partial charge in [-0.25, -0.2) is 9.18 Å². The van der Waals surface area contributed by atoms with Gasteiger partial charge in [-0.05, 0) is 44.4 Å². The van der Waals surface area contributed by atoms with Crippen LogP contribution >= 0.6 is 0 Å². The minimum absolute atomic E-state index is 0.302. The van der Waals surface area contributed by atoms with Gasteiger partial charge < -0.3 is 19.6 Å². The molecule has 1 aromatic heterocycles. The molecule has 0 saturated carbocycles. The summed E-state index contributed by atoms with van der Waals surface area (Å²) in [5, 5.41) is 10.9. The highest BCUT2D eigenvalue weighted by Crippen LogP contribution is 2.33. The van der Waals surface area contributed by atoms with Gasteiger partial charge in [0.2, 0.25) is 0 Å². The average molecular weight is 390 g/mol. The quantitative estimate of drug-likeness (QED) is 0.742. The van der Waals surface area contributed by atoms with Gasteiger partial charge in [-0.3, -0.25) is 4.90 Å².